The number of likely N-dealkylation sites (N-methyl/N-ethyl adjacent to an activating group) is 1. The molecule has 6 heteroatoms. The summed E-state index contributed by atoms with van der Waals surface area (Å²) in [6.07, 6.45) is 0. The number of ether oxygens (including phenoxy) is 2. The fourth-order valence-corrected chi connectivity index (χ4v) is 2.70. The van der Waals surface area contributed by atoms with Crippen LogP contribution in [0.25, 0.3) is 0 Å². The second-order valence-electron chi connectivity index (χ2n) is 5.76. The monoisotopic (exact) mass is 362 g/mol. The number of methoxy groups -OCH3 is 2. The lowest BCUT2D eigenvalue weighted by Crippen LogP contribution is -2.32. The predicted molar refractivity (Wildman–Crippen MR) is 101 cm³/mol. The molecular weight excluding hydrogens is 340 g/mol. The lowest BCUT2D eigenvalue weighted by atomic mass is 10.1. The molecule has 0 saturated heterocycles. The van der Waals surface area contributed by atoms with Crippen molar-refractivity contribution in [2.24, 2.45) is 0 Å². The summed E-state index contributed by atoms with van der Waals surface area (Å²) >= 11 is 6.04. The van der Waals surface area contributed by atoms with Crippen LogP contribution in [0.4, 0.5) is 5.69 Å². The van der Waals surface area contributed by atoms with E-state index in [0.717, 1.165) is 5.56 Å². The van der Waals surface area contributed by atoms with Gasteiger partial charge in [-0.05, 0) is 43.8 Å². The zero-order valence-electron chi connectivity index (χ0n) is 14.9. The van der Waals surface area contributed by atoms with Crippen molar-refractivity contribution >= 4 is 23.2 Å². The summed E-state index contributed by atoms with van der Waals surface area (Å²) in [6.45, 7) is 2.29. The van der Waals surface area contributed by atoms with E-state index in [9.17, 15) is 4.79 Å². The van der Waals surface area contributed by atoms with Crippen LogP contribution in [0, 0.1) is 0 Å². The summed E-state index contributed by atoms with van der Waals surface area (Å²) in [5.74, 6) is 1.08. The maximum atomic E-state index is 12.3. The largest absolute Gasteiger partial charge is 0.493 e. The highest BCUT2D eigenvalue weighted by Gasteiger charge is 2.16. The van der Waals surface area contributed by atoms with E-state index in [1.165, 1.54) is 0 Å². The number of carbonyl (C=O) groups is 1. The normalized spacial score (nSPS) is 11.9. The maximum Gasteiger partial charge on any atom is 0.238 e. The Labute approximate surface area is 153 Å². The van der Waals surface area contributed by atoms with Crippen molar-refractivity contribution in [2.45, 2.75) is 13.0 Å². The van der Waals surface area contributed by atoms with Crippen molar-refractivity contribution < 1.29 is 14.3 Å². The lowest BCUT2D eigenvalue weighted by molar-refractivity contribution is -0.117. The Balaban J connectivity index is 1.99. The highest BCUT2D eigenvalue weighted by molar-refractivity contribution is 6.30. The number of carbonyl (C=O) groups excluding carboxylic acids is 1. The number of hydrogen-bond acceptors (Lipinski definition) is 4. The third kappa shape index (κ3) is 5.11. The Morgan fingerprint density at radius 3 is 2.52 bits per heavy atom. The van der Waals surface area contributed by atoms with Gasteiger partial charge in [0.15, 0.2) is 11.5 Å². The van der Waals surface area contributed by atoms with Crippen molar-refractivity contribution in [1.82, 2.24) is 4.90 Å². The lowest BCUT2D eigenvalue weighted by Gasteiger charge is -2.24. The van der Waals surface area contributed by atoms with Gasteiger partial charge in [0.2, 0.25) is 5.91 Å². The van der Waals surface area contributed by atoms with E-state index in [2.05, 4.69) is 5.32 Å². The minimum atomic E-state index is -0.108. The second-order valence-corrected chi connectivity index (χ2v) is 6.20. The molecule has 1 atom stereocenters. The smallest absolute Gasteiger partial charge is 0.238 e. The van der Waals surface area contributed by atoms with Crippen LogP contribution in [0.3, 0.4) is 0 Å². The molecule has 0 unspecified atom stereocenters. The average Bonchev–Trinajstić information content (AvgIpc) is 2.60. The molecule has 0 saturated carbocycles. The SMILES string of the molecule is COc1ccc(NC(=O)CN(C)[C@@H](C)c2cccc(Cl)c2)cc1OC. The van der Waals surface area contributed by atoms with E-state index in [1.807, 2.05) is 43.1 Å². The van der Waals surface area contributed by atoms with Gasteiger partial charge >= 0.3 is 0 Å². The van der Waals surface area contributed by atoms with Crippen LogP contribution in [0.1, 0.15) is 18.5 Å². The van der Waals surface area contributed by atoms with Gasteiger partial charge in [-0.2, -0.15) is 0 Å². The number of nitrogens with zero attached hydrogens (tertiary/aromatic N) is 1. The quantitative estimate of drug-likeness (QED) is 0.809. The van der Waals surface area contributed by atoms with Gasteiger partial charge in [0.25, 0.3) is 0 Å². The summed E-state index contributed by atoms with van der Waals surface area (Å²) in [7, 11) is 5.03. The summed E-state index contributed by atoms with van der Waals surface area (Å²) in [6, 6.07) is 13.0. The van der Waals surface area contributed by atoms with Gasteiger partial charge in [-0.15, -0.1) is 0 Å². The van der Waals surface area contributed by atoms with Gasteiger partial charge in [0, 0.05) is 22.8 Å². The van der Waals surface area contributed by atoms with Crippen LogP contribution in [0.15, 0.2) is 42.5 Å². The average molecular weight is 363 g/mol. The summed E-state index contributed by atoms with van der Waals surface area (Å²) in [4.78, 5) is 14.3. The van der Waals surface area contributed by atoms with Crippen molar-refractivity contribution in [2.75, 3.05) is 33.1 Å². The molecule has 1 N–H and O–H groups in total. The molecule has 5 nitrogen and oxygen atoms in total. The topological polar surface area (TPSA) is 50.8 Å². The van der Waals surface area contributed by atoms with Gasteiger partial charge in [-0.25, -0.2) is 0 Å². The second kappa shape index (κ2) is 8.74. The number of nitrogens with one attached hydrogen (secondary N) is 1. The Morgan fingerprint density at radius 2 is 1.88 bits per heavy atom. The fraction of sp³-hybridized carbons (Fsp3) is 0.316. The number of rotatable bonds is 7. The molecule has 25 heavy (non-hydrogen) atoms. The van der Waals surface area contributed by atoms with Crippen LogP contribution in [-0.4, -0.2) is 38.6 Å². The van der Waals surface area contributed by atoms with E-state index < -0.39 is 0 Å². The van der Waals surface area contributed by atoms with Crippen LogP contribution in [-0.2, 0) is 4.79 Å². The molecule has 0 radical (unpaired) electrons. The van der Waals surface area contributed by atoms with Gasteiger partial charge in [0.1, 0.15) is 0 Å². The molecule has 1 amide bonds. The summed E-state index contributed by atoms with van der Waals surface area (Å²) in [5.41, 5.74) is 1.72. The molecule has 0 aliphatic rings. The standard InChI is InChI=1S/C19H23ClN2O3/c1-13(14-6-5-7-15(20)10-14)22(2)12-19(23)21-16-8-9-17(24-3)18(11-16)25-4/h5-11,13H,12H2,1-4H3,(H,21,23)/t13-/m0/s1. The third-order valence-electron chi connectivity index (χ3n) is 4.05. The molecule has 0 aliphatic carbocycles. The molecule has 0 aromatic heterocycles. The maximum absolute atomic E-state index is 12.3. The first-order valence-electron chi connectivity index (χ1n) is 7.92. The Morgan fingerprint density at radius 1 is 1.16 bits per heavy atom. The van der Waals surface area contributed by atoms with E-state index >= 15 is 0 Å². The molecule has 0 fully saturated rings. The minimum Gasteiger partial charge on any atom is -0.493 e. The molecular formula is C19H23ClN2O3. The highest BCUT2D eigenvalue weighted by Crippen LogP contribution is 2.29. The Hall–Kier alpha value is -2.24. The van der Waals surface area contributed by atoms with Gasteiger partial charge < -0.3 is 14.8 Å². The predicted octanol–water partition coefficient (Wildman–Crippen LogP) is 3.99. The van der Waals surface area contributed by atoms with Crippen LogP contribution in [0.5, 0.6) is 11.5 Å². The zero-order chi connectivity index (χ0) is 18.4. The van der Waals surface area contributed by atoms with Crippen LogP contribution >= 0.6 is 11.6 Å². The third-order valence-corrected chi connectivity index (χ3v) is 4.29. The van der Waals surface area contributed by atoms with Crippen molar-refractivity contribution in [1.29, 1.82) is 0 Å². The van der Waals surface area contributed by atoms with Crippen molar-refractivity contribution in [3.05, 3.63) is 53.1 Å². The van der Waals surface area contributed by atoms with Crippen molar-refractivity contribution in [3.63, 3.8) is 0 Å². The molecule has 0 bridgehead atoms. The first-order chi connectivity index (χ1) is 11.9. The number of hydrogen-bond donors (Lipinski definition) is 1. The van der Waals surface area contributed by atoms with Gasteiger partial charge in [-0.1, -0.05) is 23.7 Å². The Bertz CT molecular complexity index is 736. The van der Waals surface area contributed by atoms with Gasteiger partial charge in [0.05, 0.1) is 20.8 Å². The van der Waals surface area contributed by atoms with Crippen LogP contribution < -0.4 is 14.8 Å². The number of amides is 1. The highest BCUT2D eigenvalue weighted by atomic mass is 35.5. The van der Waals surface area contributed by atoms with Crippen LogP contribution in [0.2, 0.25) is 5.02 Å². The number of anilines is 1. The summed E-state index contributed by atoms with van der Waals surface area (Å²) in [5, 5.41) is 3.56. The molecule has 134 valence electrons. The minimum absolute atomic E-state index is 0.0647. The first-order valence-corrected chi connectivity index (χ1v) is 8.30. The zero-order valence-corrected chi connectivity index (χ0v) is 15.6. The first kappa shape index (κ1) is 19.1. The Kier molecular flexibility index (Phi) is 6.67. The van der Waals surface area contributed by atoms with Gasteiger partial charge in [-0.3, -0.25) is 9.69 Å². The molecule has 2 aromatic rings. The van der Waals surface area contributed by atoms with E-state index in [-0.39, 0.29) is 18.5 Å². The molecule has 0 heterocycles. The number of benzene rings is 2. The van der Waals surface area contributed by atoms with E-state index in [4.69, 9.17) is 21.1 Å². The molecule has 2 rings (SSSR count). The molecule has 0 spiro atoms. The summed E-state index contributed by atoms with van der Waals surface area (Å²) < 4.78 is 10.4. The molecule has 2 aromatic carbocycles. The van der Waals surface area contributed by atoms with E-state index in [0.29, 0.717) is 22.2 Å². The van der Waals surface area contributed by atoms with E-state index in [1.54, 1.807) is 32.4 Å². The number of halogens is 1. The fourth-order valence-electron chi connectivity index (χ4n) is 2.50. The van der Waals surface area contributed by atoms with Crippen molar-refractivity contribution in [3.8, 4) is 11.5 Å². The molecule has 0 aliphatic heterocycles.